The van der Waals surface area contributed by atoms with Gasteiger partial charge in [-0.2, -0.15) is 19.7 Å². The van der Waals surface area contributed by atoms with E-state index in [1.165, 1.54) is 28.7 Å². The number of hydrogen-bond acceptors (Lipinski definition) is 7. The van der Waals surface area contributed by atoms with E-state index < -0.39 is 28.0 Å². The van der Waals surface area contributed by atoms with Crippen molar-refractivity contribution in [3.05, 3.63) is 40.7 Å². The number of amides is 2. The molecule has 3 N–H and O–H groups in total. The summed E-state index contributed by atoms with van der Waals surface area (Å²) in [5, 5.41) is 10.4. The molecule has 0 saturated carbocycles. The van der Waals surface area contributed by atoms with Gasteiger partial charge in [0.2, 0.25) is 21.8 Å². The van der Waals surface area contributed by atoms with Crippen LogP contribution < -0.4 is 5.73 Å². The maximum absolute atomic E-state index is 13.9. The zero-order valence-corrected chi connectivity index (χ0v) is 19.6. The molecule has 11 nitrogen and oxygen atoms in total. The SMILES string of the molecule is COCC1CN(Cc2cn[nH]n2)C(=O)C2CCCC1N2S(=O)(=O)c1cc(Cl)cc(C(N)=O)c1. The average Bonchev–Trinajstić information content (AvgIpc) is 3.27. The third kappa shape index (κ3) is 4.60. The van der Waals surface area contributed by atoms with Gasteiger partial charge in [-0.3, -0.25) is 9.59 Å². The number of hydrogen-bond donors (Lipinski definition) is 2. The zero-order chi connectivity index (χ0) is 23.8. The number of piperidine rings is 1. The zero-order valence-electron chi connectivity index (χ0n) is 18.0. The van der Waals surface area contributed by atoms with Gasteiger partial charge in [-0.05, 0) is 37.5 Å². The predicted molar refractivity (Wildman–Crippen MR) is 118 cm³/mol. The number of benzene rings is 1. The Morgan fingerprint density at radius 3 is 2.79 bits per heavy atom. The molecular weight excluding hydrogens is 472 g/mol. The molecule has 1 aromatic heterocycles. The quantitative estimate of drug-likeness (QED) is 0.574. The number of aromatic nitrogens is 3. The molecule has 3 heterocycles. The van der Waals surface area contributed by atoms with Crippen LogP contribution in [0.25, 0.3) is 0 Å². The molecule has 178 valence electrons. The highest BCUT2D eigenvalue weighted by Crippen LogP contribution is 2.38. The number of aromatic amines is 1. The lowest BCUT2D eigenvalue weighted by molar-refractivity contribution is -0.135. The van der Waals surface area contributed by atoms with Gasteiger partial charge in [0.05, 0.1) is 24.2 Å². The third-order valence-electron chi connectivity index (χ3n) is 6.14. The summed E-state index contributed by atoms with van der Waals surface area (Å²) < 4.78 is 34.5. The maximum Gasteiger partial charge on any atom is 0.248 e. The van der Waals surface area contributed by atoms with Crippen molar-refractivity contribution in [1.82, 2.24) is 24.6 Å². The number of nitrogens with two attached hydrogens (primary N) is 1. The van der Waals surface area contributed by atoms with E-state index in [1.54, 1.807) is 12.0 Å². The van der Waals surface area contributed by atoms with E-state index in [-0.39, 0.29) is 40.5 Å². The summed E-state index contributed by atoms with van der Waals surface area (Å²) >= 11 is 6.10. The van der Waals surface area contributed by atoms with E-state index >= 15 is 0 Å². The smallest absolute Gasteiger partial charge is 0.248 e. The number of carbonyl (C=O) groups excluding carboxylic acids is 2. The largest absolute Gasteiger partial charge is 0.384 e. The van der Waals surface area contributed by atoms with Crippen molar-refractivity contribution in [2.75, 3.05) is 20.3 Å². The Labute approximate surface area is 196 Å². The van der Waals surface area contributed by atoms with Crippen LogP contribution in [0, 0.1) is 5.92 Å². The predicted octanol–water partition coefficient (Wildman–Crippen LogP) is 0.774. The van der Waals surface area contributed by atoms with Crippen LogP contribution in [0.15, 0.2) is 29.3 Å². The first-order valence-corrected chi connectivity index (χ1v) is 12.3. The van der Waals surface area contributed by atoms with Crippen molar-refractivity contribution < 1.29 is 22.7 Å². The molecule has 2 bridgehead atoms. The van der Waals surface area contributed by atoms with Gasteiger partial charge in [0, 0.05) is 36.2 Å². The molecule has 2 fully saturated rings. The number of rotatable bonds is 7. The van der Waals surface area contributed by atoms with E-state index in [2.05, 4.69) is 15.4 Å². The molecule has 2 aliphatic rings. The lowest BCUT2D eigenvalue weighted by Gasteiger charge is -2.40. The number of sulfonamides is 1. The number of fused-ring (bicyclic) bond motifs is 2. The van der Waals surface area contributed by atoms with Crippen molar-refractivity contribution in [2.24, 2.45) is 11.7 Å². The van der Waals surface area contributed by atoms with Crippen molar-refractivity contribution in [1.29, 1.82) is 0 Å². The number of methoxy groups -OCH3 is 1. The van der Waals surface area contributed by atoms with Crippen LogP contribution in [0.3, 0.4) is 0 Å². The van der Waals surface area contributed by atoms with Crippen LogP contribution in [-0.4, -0.2) is 77.2 Å². The molecule has 2 aromatic rings. The first kappa shape index (κ1) is 23.6. The minimum absolute atomic E-state index is 0.0199. The van der Waals surface area contributed by atoms with Gasteiger partial charge < -0.3 is 15.4 Å². The lowest BCUT2D eigenvalue weighted by atomic mass is 9.91. The number of carbonyl (C=O) groups is 2. The summed E-state index contributed by atoms with van der Waals surface area (Å²) in [5.74, 6) is -1.36. The Morgan fingerprint density at radius 2 is 2.12 bits per heavy atom. The second-order valence-electron chi connectivity index (χ2n) is 8.28. The second-order valence-corrected chi connectivity index (χ2v) is 10.6. The molecule has 2 amide bonds. The molecule has 1 aromatic carbocycles. The monoisotopic (exact) mass is 496 g/mol. The van der Waals surface area contributed by atoms with Gasteiger partial charge in [-0.25, -0.2) is 8.42 Å². The van der Waals surface area contributed by atoms with Gasteiger partial charge in [0.1, 0.15) is 11.7 Å². The molecule has 0 spiro atoms. The molecule has 3 atom stereocenters. The van der Waals surface area contributed by atoms with E-state index in [0.29, 0.717) is 31.5 Å². The summed E-state index contributed by atoms with van der Waals surface area (Å²) in [6.45, 7) is 0.790. The molecule has 2 saturated heterocycles. The van der Waals surface area contributed by atoms with Gasteiger partial charge in [0.25, 0.3) is 0 Å². The lowest BCUT2D eigenvalue weighted by Crippen LogP contribution is -2.55. The number of H-pyrrole nitrogens is 1. The summed E-state index contributed by atoms with van der Waals surface area (Å²) in [7, 11) is -2.64. The van der Waals surface area contributed by atoms with Crippen molar-refractivity contribution in [3.63, 3.8) is 0 Å². The number of nitrogens with zero attached hydrogens (tertiary/aromatic N) is 4. The van der Waals surface area contributed by atoms with Crippen molar-refractivity contribution in [2.45, 2.75) is 42.8 Å². The fraction of sp³-hybridized carbons (Fsp3) is 0.500. The number of nitrogens with one attached hydrogen (secondary N) is 1. The van der Waals surface area contributed by atoms with Crippen LogP contribution in [0.4, 0.5) is 0 Å². The van der Waals surface area contributed by atoms with Crippen LogP contribution in [0.2, 0.25) is 5.02 Å². The maximum atomic E-state index is 13.9. The summed E-state index contributed by atoms with van der Waals surface area (Å²) in [4.78, 5) is 26.7. The molecule has 0 aliphatic carbocycles. The average molecular weight is 497 g/mol. The summed E-state index contributed by atoms with van der Waals surface area (Å²) in [6, 6.07) is 2.43. The van der Waals surface area contributed by atoms with E-state index in [4.69, 9.17) is 22.1 Å². The molecule has 13 heteroatoms. The Balaban J connectivity index is 1.78. The molecule has 3 unspecified atom stereocenters. The van der Waals surface area contributed by atoms with Crippen molar-refractivity contribution >= 4 is 33.4 Å². The van der Waals surface area contributed by atoms with Crippen molar-refractivity contribution in [3.8, 4) is 0 Å². The first-order chi connectivity index (χ1) is 15.7. The molecule has 4 rings (SSSR count). The fourth-order valence-electron chi connectivity index (χ4n) is 4.73. The molecule has 0 radical (unpaired) electrons. The molecule has 33 heavy (non-hydrogen) atoms. The fourth-order valence-corrected chi connectivity index (χ4v) is 6.99. The summed E-state index contributed by atoms with van der Waals surface area (Å²) in [5.41, 5.74) is 5.91. The van der Waals surface area contributed by atoms with E-state index in [1.807, 2.05) is 0 Å². The number of ether oxygens (including phenoxy) is 1. The number of halogens is 1. The molecular formula is C20H25ClN6O5S. The van der Waals surface area contributed by atoms with Gasteiger partial charge in [-0.15, -0.1) is 0 Å². The topological polar surface area (TPSA) is 152 Å². The normalized spacial score (nSPS) is 24.0. The highest BCUT2D eigenvalue weighted by Gasteiger charge is 2.50. The Hall–Kier alpha value is -2.54. The summed E-state index contributed by atoms with van der Waals surface area (Å²) in [6.07, 6.45) is 3.19. The third-order valence-corrected chi connectivity index (χ3v) is 8.27. The van der Waals surface area contributed by atoms with Gasteiger partial charge >= 0.3 is 0 Å². The Bertz CT molecular complexity index is 1140. The standard InChI is InChI=1S/C20H25ClN6O5S/c1-32-11-13-9-26(10-15-8-23-25-24-15)20(29)18-4-2-3-17(13)27(18)33(30,31)16-6-12(19(22)28)5-14(21)7-16/h5-8,13,17-18H,2-4,9-11H2,1H3,(H2,22,28)(H,23,24,25). The second kappa shape index (κ2) is 9.37. The minimum Gasteiger partial charge on any atom is -0.384 e. The first-order valence-electron chi connectivity index (χ1n) is 10.5. The van der Waals surface area contributed by atoms with Gasteiger partial charge in [0.15, 0.2) is 0 Å². The Morgan fingerprint density at radius 1 is 1.33 bits per heavy atom. The van der Waals surface area contributed by atoms with Crippen LogP contribution in [0.5, 0.6) is 0 Å². The van der Waals surface area contributed by atoms with E-state index in [0.717, 1.165) is 0 Å². The van der Waals surface area contributed by atoms with E-state index in [9.17, 15) is 18.0 Å². The molecule has 2 aliphatic heterocycles. The van der Waals surface area contributed by atoms with Crippen LogP contribution in [0.1, 0.15) is 35.3 Å². The van der Waals surface area contributed by atoms with Gasteiger partial charge in [-0.1, -0.05) is 11.6 Å². The minimum atomic E-state index is -4.19. The number of primary amides is 1. The highest BCUT2D eigenvalue weighted by molar-refractivity contribution is 7.89. The Kier molecular flexibility index (Phi) is 6.71. The van der Waals surface area contributed by atoms with Crippen LogP contribution in [-0.2, 0) is 26.1 Å². The highest BCUT2D eigenvalue weighted by atomic mass is 35.5. The van der Waals surface area contributed by atoms with Crippen LogP contribution >= 0.6 is 11.6 Å².